The number of morpholine rings is 1. The van der Waals surface area contributed by atoms with Gasteiger partial charge >= 0.3 is 0 Å². The van der Waals surface area contributed by atoms with Gasteiger partial charge < -0.3 is 10.1 Å². The molecule has 1 N–H and O–H groups in total. The minimum Gasteiger partial charge on any atom is -0.365 e. The smallest absolute Gasteiger partial charge is 0.126 e. The Morgan fingerprint density at radius 3 is 2.61 bits per heavy atom. The molecule has 1 saturated heterocycles. The van der Waals surface area contributed by atoms with Crippen LogP contribution in [-0.2, 0) is 4.74 Å². The zero-order chi connectivity index (χ0) is 13.2. The summed E-state index contributed by atoms with van der Waals surface area (Å²) in [5.74, 6) is -1.12. The molecule has 0 spiro atoms. The third-order valence-corrected chi connectivity index (χ3v) is 3.29. The van der Waals surface area contributed by atoms with Gasteiger partial charge in [-0.25, -0.2) is 8.78 Å². The normalized spacial score (nSPS) is 28.3. The van der Waals surface area contributed by atoms with Crippen molar-refractivity contribution >= 4 is 0 Å². The van der Waals surface area contributed by atoms with Crippen molar-refractivity contribution in [2.45, 2.75) is 38.4 Å². The molecule has 1 aliphatic heterocycles. The molecule has 100 valence electrons. The summed E-state index contributed by atoms with van der Waals surface area (Å²) in [7, 11) is 0. The third kappa shape index (κ3) is 3.06. The molecule has 2 atom stereocenters. The summed E-state index contributed by atoms with van der Waals surface area (Å²) >= 11 is 0. The van der Waals surface area contributed by atoms with E-state index < -0.39 is 11.6 Å². The Balaban J connectivity index is 2.17. The Morgan fingerprint density at radius 1 is 1.33 bits per heavy atom. The highest BCUT2D eigenvalue weighted by Crippen LogP contribution is 2.30. The van der Waals surface area contributed by atoms with Crippen LogP contribution in [0.25, 0.3) is 0 Å². The van der Waals surface area contributed by atoms with Crippen LogP contribution in [0.3, 0.4) is 0 Å². The molecule has 1 aliphatic rings. The van der Waals surface area contributed by atoms with Crippen LogP contribution in [0, 0.1) is 11.6 Å². The summed E-state index contributed by atoms with van der Waals surface area (Å²) in [5.41, 5.74) is 0.294. The number of ether oxygens (including phenoxy) is 1. The quantitative estimate of drug-likeness (QED) is 0.895. The first-order chi connectivity index (χ1) is 8.52. The second-order valence-electron chi connectivity index (χ2n) is 5.14. The minimum atomic E-state index is -0.559. The van der Waals surface area contributed by atoms with E-state index in [4.69, 9.17) is 4.74 Å². The molecule has 2 unspecified atom stereocenters. The molecular weight excluding hydrogens is 236 g/mol. The molecule has 0 radical (unpaired) electrons. The van der Waals surface area contributed by atoms with Crippen LogP contribution in [0.4, 0.5) is 8.78 Å². The van der Waals surface area contributed by atoms with E-state index in [0.29, 0.717) is 12.1 Å². The van der Waals surface area contributed by atoms with Gasteiger partial charge in [0.05, 0.1) is 11.7 Å². The van der Waals surface area contributed by atoms with Crippen LogP contribution in [0.5, 0.6) is 0 Å². The molecule has 1 aromatic carbocycles. The van der Waals surface area contributed by atoms with Crippen LogP contribution in [0.1, 0.15) is 38.4 Å². The lowest BCUT2D eigenvalue weighted by Gasteiger charge is -2.39. The van der Waals surface area contributed by atoms with E-state index >= 15 is 0 Å². The van der Waals surface area contributed by atoms with E-state index in [1.54, 1.807) is 0 Å². The third-order valence-electron chi connectivity index (χ3n) is 3.29. The van der Waals surface area contributed by atoms with Gasteiger partial charge in [0.25, 0.3) is 0 Å². The predicted octanol–water partition coefficient (Wildman–Crippen LogP) is 3.18. The number of nitrogens with one attached hydrogen (secondary N) is 1. The summed E-state index contributed by atoms with van der Waals surface area (Å²) in [6.07, 6.45) is 1.65. The fourth-order valence-corrected chi connectivity index (χ4v) is 2.52. The van der Waals surface area contributed by atoms with E-state index in [9.17, 15) is 8.78 Å². The largest absolute Gasteiger partial charge is 0.365 e. The van der Waals surface area contributed by atoms with Gasteiger partial charge in [-0.05, 0) is 31.0 Å². The van der Waals surface area contributed by atoms with Crippen LogP contribution >= 0.6 is 0 Å². The summed E-state index contributed by atoms with van der Waals surface area (Å²) in [5, 5.41) is 3.28. The van der Waals surface area contributed by atoms with Gasteiger partial charge in [0, 0.05) is 19.2 Å². The highest BCUT2D eigenvalue weighted by Gasteiger charge is 2.32. The summed E-state index contributed by atoms with van der Waals surface area (Å²) in [6, 6.07) is 3.56. The maximum atomic E-state index is 13.2. The highest BCUT2D eigenvalue weighted by molar-refractivity contribution is 5.21. The van der Waals surface area contributed by atoms with Crippen LogP contribution in [-0.4, -0.2) is 18.7 Å². The van der Waals surface area contributed by atoms with Crippen LogP contribution < -0.4 is 5.32 Å². The Labute approximate surface area is 106 Å². The molecule has 4 heteroatoms. The van der Waals surface area contributed by atoms with Crippen molar-refractivity contribution in [3.8, 4) is 0 Å². The SMILES string of the molecule is CCCC1(C)CNCC(c2cc(F)cc(F)c2)O1. The number of rotatable bonds is 3. The average molecular weight is 255 g/mol. The first-order valence-corrected chi connectivity index (χ1v) is 6.37. The molecule has 0 aromatic heterocycles. The second kappa shape index (κ2) is 5.33. The van der Waals surface area contributed by atoms with Gasteiger partial charge in [-0.3, -0.25) is 0 Å². The zero-order valence-corrected chi connectivity index (χ0v) is 10.8. The average Bonchev–Trinajstić information content (AvgIpc) is 2.27. The van der Waals surface area contributed by atoms with Gasteiger partial charge in [0.1, 0.15) is 11.6 Å². The Hall–Kier alpha value is -1.00. The molecule has 0 aliphatic carbocycles. The van der Waals surface area contributed by atoms with Crippen molar-refractivity contribution in [2.75, 3.05) is 13.1 Å². The molecule has 1 aromatic rings. The molecule has 2 rings (SSSR count). The maximum absolute atomic E-state index is 13.2. The lowest BCUT2D eigenvalue weighted by atomic mass is 9.96. The molecule has 1 heterocycles. The van der Waals surface area contributed by atoms with Crippen LogP contribution in [0.15, 0.2) is 18.2 Å². The van der Waals surface area contributed by atoms with Gasteiger partial charge in [-0.15, -0.1) is 0 Å². The van der Waals surface area contributed by atoms with Gasteiger partial charge in [-0.2, -0.15) is 0 Å². The second-order valence-corrected chi connectivity index (χ2v) is 5.14. The number of benzene rings is 1. The Bertz CT molecular complexity index is 400. The zero-order valence-electron chi connectivity index (χ0n) is 10.8. The molecular formula is C14H19F2NO. The summed E-state index contributed by atoms with van der Waals surface area (Å²) in [6.45, 7) is 5.49. The standard InChI is InChI=1S/C14H19F2NO/c1-3-4-14(2)9-17-8-13(18-14)10-5-11(15)7-12(16)6-10/h5-7,13,17H,3-4,8-9H2,1-2H3. The molecule has 18 heavy (non-hydrogen) atoms. The topological polar surface area (TPSA) is 21.3 Å². The number of hydrogen-bond acceptors (Lipinski definition) is 2. The molecule has 1 fully saturated rings. The van der Waals surface area contributed by atoms with Crippen molar-refractivity contribution < 1.29 is 13.5 Å². The molecule has 2 nitrogen and oxygen atoms in total. The summed E-state index contributed by atoms with van der Waals surface area (Å²) < 4.78 is 32.4. The first kappa shape index (κ1) is 13.4. The Kier molecular flexibility index (Phi) is 3.97. The van der Waals surface area contributed by atoms with E-state index in [1.165, 1.54) is 12.1 Å². The van der Waals surface area contributed by atoms with Crippen molar-refractivity contribution in [1.82, 2.24) is 5.32 Å². The van der Waals surface area contributed by atoms with E-state index in [-0.39, 0.29) is 11.7 Å². The highest BCUT2D eigenvalue weighted by atomic mass is 19.1. The fraction of sp³-hybridized carbons (Fsp3) is 0.571. The van der Waals surface area contributed by atoms with Gasteiger partial charge in [0.15, 0.2) is 0 Å². The molecule has 0 bridgehead atoms. The maximum Gasteiger partial charge on any atom is 0.126 e. The summed E-state index contributed by atoms with van der Waals surface area (Å²) in [4.78, 5) is 0. The van der Waals surface area contributed by atoms with E-state index in [0.717, 1.165) is 25.5 Å². The van der Waals surface area contributed by atoms with Crippen molar-refractivity contribution in [3.05, 3.63) is 35.4 Å². The van der Waals surface area contributed by atoms with Crippen molar-refractivity contribution in [1.29, 1.82) is 0 Å². The minimum absolute atomic E-state index is 0.263. The van der Waals surface area contributed by atoms with Gasteiger partial charge in [-0.1, -0.05) is 13.3 Å². The monoisotopic (exact) mass is 255 g/mol. The molecule has 0 saturated carbocycles. The number of halogens is 2. The molecule has 0 amide bonds. The fourth-order valence-electron chi connectivity index (χ4n) is 2.52. The van der Waals surface area contributed by atoms with Crippen molar-refractivity contribution in [2.24, 2.45) is 0 Å². The van der Waals surface area contributed by atoms with Crippen LogP contribution in [0.2, 0.25) is 0 Å². The van der Waals surface area contributed by atoms with Crippen molar-refractivity contribution in [3.63, 3.8) is 0 Å². The van der Waals surface area contributed by atoms with Gasteiger partial charge in [0.2, 0.25) is 0 Å². The lowest BCUT2D eigenvalue weighted by molar-refractivity contribution is -0.112. The first-order valence-electron chi connectivity index (χ1n) is 6.37. The lowest BCUT2D eigenvalue weighted by Crippen LogP contribution is -2.48. The number of hydrogen-bond donors (Lipinski definition) is 1. The van der Waals surface area contributed by atoms with E-state index in [2.05, 4.69) is 12.2 Å². The predicted molar refractivity (Wildman–Crippen MR) is 66.4 cm³/mol. The Morgan fingerprint density at radius 2 is 2.00 bits per heavy atom. The van der Waals surface area contributed by atoms with E-state index in [1.807, 2.05) is 6.92 Å².